The second kappa shape index (κ2) is 9.91. The Labute approximate surface area is 195 Å². The van der Waals surface area contributed by atoms with E-state index >= 15 is 0 Å². The summed E-state index contributed by atoms with van der Waals surface area (Å²) in [5.74, 6) is 0.529. The Bertz CT molecular complexity index is 1350. The van der Waals surface area contributed by atoms with Gasteiger partial charge in [0.1, 0.15) is 11.6 Å². The maximum absolute atomic E-state index is 13.7. The molecule has 0 aliphatic rings. The molecule has 4 rings (SSSR count). The average Bonchev–Trinajstić information content (AvgIpc) is 2.83. The van der Waals surface area contributed by atoms with E-state index in [1.54, 1.807) is 44.4 Å². The van der Waals surface area contributed by atoms with Crippen molar-refractivity contribution in [2.75, 3.05) is 12.4 Å². The number of nitrogens with one attached hydrogen (secondary N) is 1. The standard InChI is InChI=1S/C26H21FN4O3/c1-16-15-19(27)8-13-22(16)25-29-24(18-6-11-21(34-2)12-7-18)30-26(31-25)28-20-9-3-17(4-10-20)5-14-23(32)33/h3-15H,1-2H3,(H,32,33)(H,28,29,30,31). The molecule has 0 bridgehead atoms. The number of carbonyl (C=O) groups is 1. The molecule has 0 unspecified atom stereocenters. The van der Waals surface area contributed by atoms with E-state index in [1.807, 2.05) is 24.3 Å². The van der Waals surface area contributed by atoms with Crippen molar-refractivity contribution in [3.05, 3.63) is 89.8 Å². The number of carboxylic acids is 1. The lowest BCUT2D eigenvalue weighted by Crippen LogP contribution is -2.04. The van der Waals surface area contributed by atoms with E-state index in [0.717, 1.165) is 17.2 Å². The molecule has 7 nitrogen and oxygen atoms in total. The van der Waals surface area contributed by atoms with Gasteiger partial charge in [-0.3, -0.25) is 0 Å². The summed E-state index contributed by atoms with van der Waals surface area (Å²) in [5.41, 5.74) is 3.61. The number of nitrogens with zero attached hydrogens (tertiary/aromatic N) is 3. The molecule has 0 aliphatic heterocycles. The van der Waals surface area contributed by atoms with Gasteiger partial charge in [-0.15, -0.1) is 0 Å². The Morgan fingerprint density at radius 3 is 2.32 bits per heavy atom. The van der Waals surface area contributed by atoms with Crippen molar-refractivity contribution in [2.45, 2.75) is 6.92 Å². The van der Waals surface area contributed by atoms with Crippen LogP contribution in [0.25, 0.3) is 28.9 Å². The summed E-state index contributed by atoms with van der Waals surface area (Å²) in [6.45, 7) is 1.80. The first-order valence-corrected chi connectivity index (χ1v) is 10.4. The second-order valence-electron chi connectivity index (χ2n) is 7.41. The third-order valence-electron chi connectivity index (χ3n) is 5.00. The minimum absolute atomic E-state index is 0.313. The number of rotatable bonds is 7. The SMILES string of the molecule is COc1ccc(-c2nc(Nc3ccc(C=CC(=O)O)cc3)nc(-c3ccc(F)cc3C)n2)cc1. The number of hydrogen-bond donors (Lipinski definition) is 2. The predicted octanol–water partition coefficient (Wildman–Crippen LogP) is 5.50. The smallest absolute Gasteiger partial charge is 0.328 e. The molecule has 0 atom stereocenters. The molecule has 0 spiro atoms. The topological polar surface area (TPSA) is 97.2 Å². The van der Waals surface area contributed by atoms with Crippen molar-refractivity contribution in [1.82, 2.24) is 15.0 Å². The molecule has 34 heavy (non-hydrogen) atoms. The van der Waals surface area contributed by atoms with Crippen LogP contribution < -0.4 is 10.1 Å². The summed E-state index contributed by atoms with van der Waals surface area (Å²) >= 11 is 0. The van der Waals surface area contributed by atoms with Crippen molar-refractivity contribution < 1.29 is 19.0 Å². The van der Waals surface area contributed by atoms with E-state index < -0.39 is 5.97 Å². The fraction of sp³-hybridized carbons (Fsp3) is 0.0769. The largest absolute Gasteiger partial charge is 0.497 e. The zero-order chi connectivity index (χ0) is 24.1. The molecular weight excluding hydrogens is 435 g/mol. The quantitative estimate of drug-likeness (QED) is 0.354. The van der Waals surface area contributed by atoms with Gasteiger partial charge in [0.05, 0.1) is 7.11 Å². The first kappa shape index (κ1) is 22.6. The van der Waals surface area contributed by atoms with Crippen LogP contribution in [0, 0.1) is 12.7 Å². The molecular formula is C26H21FN4O3. The fourth-order valence-electron chi connectivity index (χ4n) is 3.27. The third-order valence-corrected chi connectivity index (χ3v) is 5.00. The van der Waals surface area contributed by atoms with Gasteiger partial charge in [0.25, 0.3) is 0 Å². The molecule has 170 valence electrons. The molecule has 8 heteroatoms. The Morgan fingerprint density at radius 2 is 1.68 bits per heavy atom. The molecule has 1 aromatic heterocycles. The van der Waals surface area contributed by atoms with Gasteiger partial charge in [-0.05, 0) is 78.7 Å². The third kappa shape index (κ3) is 5.42. The van der Waals surface area contributed by atoms with Gasteiger partial charge in [-0.2, -0.15) is 9.97 Å². The number of aryl methyl sites for hydroxylation is 1. The normalized spacial score (nSPS) is 10.9. The van der Waals surface area contributed by atoms with Gasteiger partial charge >= 0.3 is 5.97 Å². The number of anilines is 2. The summed E-state index contributed by atoms with van der Waals surface area (Å²) < 4.78 is 18.9. The van der Waals surface area contributed by atoms with Crippen LogP contribution in [0.3, 0.4) is 0 Å². The number of hydrogen-bond acceptors (Lipinski definition) is 6. The molecule has 3 aromatic carbocycles. The molecule has 0 amide bonds. The molecule has 0 saturated carbocycles. The number of carboxylic acid groups (broad SMARTS) is 1. The zero-order valence-corrected chi connectivity index (χ0v) is 18.5. The van der Waals surface area contributed by atoms with Gasteiger partial charge in [0.2, 0.25) is 5.95 Å². The highest BCUT2D eigenvalue weighted by atomic mass is 19.1. The highest BCUT2D eigenvalue weighted by molar-refractivity contribution is 5.85. The van der Waals surface area contributed by atoms with Crippen molar-refractivity contribution in [3.63, 3.8) is 0 Å². The van der Waals surface area contributed by atoms with Crippen LogP contribution in [0.1, 0.15) is 11.1 Å². The van der Waals surface area contributed by atoms with Crippen molar-refractivity contribution in [2.24, 2.45) is 0 Å². The predicted molar refractivity (Wildman–Crippen MR) is 128 cm³/mol. The highest BCUT2D eigenvalue weighted by Gasteiger charge is 2.13. The molecule has 1 heterocycles. The molecule has 2 N–H and O–H groups in total. The van der Waals surface area contributed by atoms with Crippen molar-refractivity contribution in [3.8, 4) is 28.5 Å². The first-order chi connectivity index (χ1) is 16.4. The van der Waals surface area contributed by atoms with Crippen LogP contribution in [0.5, 0.6) is 5.75 Å². The second-order valence-corrected chi connectivity index (χ2v) is 7.41. The lowest BCUT2D eigenvalue weighted by molar-refractivity contribution is -0.131. The van der Waals surface area contributed by atoms with E-state index in [1.165, 1.54) is 18.2 Å². The number of benzene rings is 3. The maximum Gasteiger partial charge on any atom is 0.328 e. The summed E-state index contributed by atoms with van der Waals surface area (Å²) in [6, 6.07) is 18.9. The monoisotopic (exact) mass is 456 g/mol. The summed E-state index contributed by atoms with van der Waals surface area (Å²) in [6.07, 6.45) is 2.58. The minimum atomic E-state index is -1.01. The Kier molecular flexibility index (Phi) is 6.59. The summed E-state index contributed by atoms with van der Waals surface area (Å²) in [7, 11) is 1.60. The lowest BCUT2D eigenvalue weighted by atomic mass is 10.1. The fourth-order valence-corrected chi connectivity index (χ4v) is 3.27. The van der Waals surface area contributed by atoms with Crippen molar-refractivity contribution in [1.29, 1.82) is 0 Å². The van der Waals surface area contributed by atoms with E-state index in [4.69, 9.17) is 9.84 Å². The number of methoxy groups -OCH3 is 1. The lowest BCUT2D eigenvalue weighted by Gasteiger charge is -2.11. The van der Waals surface area contributed by atoms with Crippen molar-refractivity contribution >= 4 is 23.7 Å². The number of aromatic nitrogens is 3. The van der Waals surface area contributed by atoms with E-state index in [-0.39, 0.29) is 5.82 Å². The molecule has 0 saturated heterocycles. The number of ether oxygens (including phenoxy) is 1. The average molecular weight is 456 g/mol. The zero-order valence-electron chi connectivity index (χ0n) is 18.5. The minimum Gasteiger partial charge on any atom is -0.497 e. The Balaban J connectivity index is 1.72. The molecule has 0 aliphatic carbocycles. The first-order valence-electron chi connectivity index (χ1n) is 10.4. The van der Waals surface area contributed by atoms with Gasteiger partial charge in [0.15, 0.2) is 11.6 Å². The molecule has 0 radical (unpaired) electrons. The van der Waals surface area contributed by atoms with E-state index in [2.05, 4.69) is 20.3 Å². The highest BCUT2D eigenvalue weighted by Crippen LogP contribution is 2.27. The van der Waals surface area contributed by atoms with E-state index in [9.17, 15) is 9.18 Å². The Hall–Kier alpha value is -4.59. The van der Waals surface area contributed by atoms with Crippen LogP contribution in [0.4, 0.5) is 16.0 Å². The van der Waals surface area contributed by atoms with Gasteiger partial charge in [-0.1, -0.05) is 12.1 Å². The van der Waals surface area contributed by atoms with Crippen LogP contribution >= 0.6 is 0 Å². The van der Waals surface area contributed by atoms with Gasteiger partial charge in [0, 0.05) is 22.9 Å². The summed E-state index contributed by atoms with van der Waals surface area (Å²) in [4.78, 5) is 24.5. The summed E-state index contributed by atoms with van der Waals surface area (Å²) in [5, 5.41) is 11.9. The van der Waals surface area contributed by atoms with Crippen LogP contribution in [-0.2, 0) is 4.79 Å². The van der Waals surface area contributed by atoms with Gasteiger partial charge in [-0.25, -0.2) is 14.2 Å². The Morgan fingerprint density at radius 1 is 0.971 bits per heavy atom. The molecule has 4 aromatic rings. The number of halogens is 1. The van der Waals surface area contributed by atoms with Crippen LogP contribution in [-0.4, -0.2) is 33.1 Å². The van der Waals surface area contributed by atoms with Crippen LogP contribution in [0.15, 0.2) is 72.8 Å². The van der Waals surface area contributed by atoms with E-state index in [0.29, 0.717) is 40.2 Å². The molecule has 0 fully saturated rings. The van der Waals surface area contributed by atoms with Crippen LogP contribution in [0.2, 0.25) is 0 Å². The number of aliphatic carboxylic acids is 1. The maximum atomic E-state index is 13.7. The van der Waals surface area contributed by atoms with Gasteiger partial charge < -0.3 is 15.2 Å².